The Morgan fingerprint density at radius 3 is 2.31 bits per heavy atom. The first-order chi connectivity index (χ1) is 7.37. The van der Waals surface area contributed by atoms with Crippen LogP contribution in [0.4, 0.5) is 4.39 Å². The summed E-state index contributed by atoms with van der Waals surface area (Å²) in [5, 5.41) is 9.59. The van der Waals surface area contributed by atoms with Crippen LogP contribution in [0.15, 0.2) is 24.3 Å². The Balaban J connectivity index is 2.39. The minimum atomic E-state index is -0.628. The molecule has 0 bridgehead atoms. The molecule has 1 aromatic carbocycles. The predicted octanol–water partition coefficient (Wildman–Crippen LogP) is 2.42. The number of hydrogen-bond acceptors (Lipinski definition) is 2. The lowest BCUT2D eigenvalue weighted by atomic mass is 10.1. The molecule has 0 aliphatic heterocycles. The Kier molecular flexibility index (Phi) is 4.44. The van der Waals surface area contributed by atoms with Gasteiger partial charge in [0, 0.05) is 13.1 Å². The van der Waals surface area contributed by atoms with Crippen molar-refractivity contribution in [2.24, 2.45) is 0 Å². The summed E-state index contributed by atoms with van der Waals surface area (Å²) in [6.45, 7) is 5.20. The molecule has 0 spiro atoms. The van der Waals surface area contributed by atoms with Crippen molar-refractivity contribution in [2.75, 3.05) is 13.6 Å². The van der Waals surface area contributed by atoms with Gasteiger partial charge in [-0.05, 0) is 45.0 Å². The van der Waals surface area contributed by atoms with E-state index in [4.69, 9.17) is 0 Å². The molecule has 0 saturated carbocycles. The van der Waals surface area contributed by atoms with Gasteiger partial charge in [0.05, 0.1) is 5.60 Å². The zero-order chi connectivity index (χ0) is 12.2. The number of aliphatic hydroxyl groups is 1. The molecule has 0 aliphatic carbocycles. The normalized spacial score (nSPS) is 12.1. The SMILES string of the molecule is CN(CCC(C)(C)O)Cc1ccc(F)cc1. The Bertz CT molecular complexity index is 316. The molecular weight excluding hydrogens is 205 g/mol. The van der Waals surface area contributed by atoms with Gasteiger partial charge in [-0.1, -0.05) is 12.1 Å². The van der Waals surface area contributed by atoms with Gasteiger partial charge in [-0.25, -0.2) is 4.39 Å². The quantitative estimate of drug-likeness (QED) is 0.832. The van der Waals surface area contributed by atoms with Crippen LogP contribution in [0.3, 0.4) is 0 Å². The summed E-state index contributed by atoms with van der Waals surface area (Å²) in [6.07, 6.45) is 0.727. The Labute approximate surface area is 96.7 Å². The number of nitrogens with zero attached hydrogens (tertiary/aromatic N) is 1. The van der Waals surface area contributed by atoms with Gasteiger partial charge in [-0.2, -0.15) is 0 Å². The highest BCUT2D eigenvalue weighted by Gasteiger charge is 2.13. The average Bonchev–Trinajstić information content (AvgIpc) is 2.18. The molecule has 1 N–H and O–H groups in total. The van der Waals surface area contributed by atoms with Crippen molar-refractivity contribution in [1.82, 2.24) is 4.90 Å². The standard InChI is InChI=1S/C13H20FNO/c1-13(2,16)8-9-15(3)10-11-4-6-12(14)7-5-11/h4-7,16H,8-10H2,1-3H3. The maximum Gasteiger partial charge on any atom is 0.123 e. The third kappa shape index (κ3) is 5.24. The van der Waals surface area contributed by atoms with E-state index in [2.05, 4.69) is 4.90 Å². The molecular formula is C13H20FNO. The second kappa shape index (κ2) is 5.41. The lowest BCUT2D eigenvalue weighted by Crippen LogP contribution is -2.28. The molecule has 1 rings (SSSR count). The molecule has 0 saturated heterocycles. The second-order valence-electron chi connectivity index (χ2n) is 4.93. The van der Waals surface area contributed by atoms with Crippen molar-refractivity contribution in [3.05, 3.63) is 35.6 Å². The minimum Gasteiger partial charge on any atom is -0.390 e. The van der Waals surface area contributed by atoms with Crippen LogP contribution in [-0.2, 0) is 6.54 Å². The molecule has 0 aliphatic rings. The van der Waals surface area contributed by atoms with Gasteiger partial charge >= 0.3 is 0 Å². The predicted molar refractivity (Wildman–Crippen MR) is 63.6 cm³/mol. The van der Waals surface area contributed by atoms with Gasteiger partial charge in [0.1, 0.15) is 5.82 Å². The molecule has 0 aromatic heterocycles. The van der Waals surface area contributed by atoms with Gasteiger partial charge in [-0.3, -0.25) is 0 Å². The highest BCUT2D eigenvalue weighted by Crippen LogP contribution is 2.10. The largest absolute Gasteiger partial charge is 0.390 e. The van der Waals surface area contributed by atoms with Gasteiger partial charge < -0.3 is 10.0 Å². The summed E-state index contributed by atoms with van der Waals surface area (Å²) < 4.78 is 12.7. The van der Waals surface area contributed by atoms with Crippen LogP contribution in [0, 0.1) is 5.82 Å². The van der Waals surface area contributed by atoms with E-state index >= 15 is 0 Å². The molecule has 3 heteroatoms. The summed E-state index contributed by atoms with van der Waals surface area (Å²) >= 11 is 0. The Hall–Kier alpha value is -0.930. The van der Waals surface area contributed by atoms with E-state index in [-0.39, 0.29) is 5.82 Å². The summed E-state index contributed by atoms with van der Waals surface area (Å²) in [7, 11) is 2.00. The average molecular weight is 225 g/mol. The zero-order valence-corrected chi connectivity index (χ0v) is 10.2. The molecule has 1 aromatic rings. The van der Waals surface area contributed by atoms with Crippen LogP contribution in [0.5, 0.6) is 0 Å². The first-order valence-corrected chi connectivity index (χ1v) is 5.52. The van der Waals surface area contributed by atoms with E-state index in [0.717, 1.165) is 25.1 Å². The molecule has 0 heterocycles. The van der Waals surface area contributed by atoms with Crippen molar-refractivity contribution >= 4 is 0 Å². The van der Waals surface area contributed by atoms with Crippen molar-refractivity contribution < 1.29 is 9.50 Å². The molecule has 0 atom stereocenters. The van der Waals surface area contributed by atoms with Gasteiger partial charge in [0.2, 0.25) is 0 Å². The molecule has 90 valence electrons. The molecule has 0 unspecified atom stereocenters. The maximum absolute atomic E-state index is 12.7. The fourth-order valence-corrected chi connectivity index (χ4v) is 1.45. The third-order valence-corrected chi connectivity index (χ3v) is 2.47. The van der Waals surface area contributed by atoms with Crippen LogP contribution >= 0.6 is 0 Å². The molecule has 0 fully saturated rings. The summed E-state index contributed by atoms with van der Waals surface area (Å²) in [4.78, 5) is 2.12. The maximum atomic E-state index is 12.7. The first kappa shape index (κ1) is 13.1. The summed E-state index contributed by atoms with van der Waals surface area (Å²) in [5.74, 6) is -0.206. The van der Waals surface area contributed by atoms with Gasteiger partial charge in [-0.15, -0.1) is 0 Å². The number of rotatable bonds is 5. The Morgan fingerprint density at radius 2 is 1.81 bits per heavy atom. The van der Waals surface area contributed by atoms with Crippen LogP contribution in [0.1, 0.15) is 25.8 Å². The smallest absolute Gasteiger partial charge is 0.123 e. The lowest BCUT2D eigenvalue weighted by Gasteiger charge is -2.22. The second-order valence-corrected chi connectivity index (χ2v) is 4.93. The van der Waals surface area contributed by atoms with E-state index < -0.39 is 5.60 Å². The van der Waals surface area contributed by atoms with Crippen molar-refractivity contribution in [3.63, 3.8) is 0 Å². The third-order valence-electron chi connectivity index (χ3n) is 2.47. The number of hydrogen-bond donors (Lipinski definition) is 1. The lowest BCUT2D eigenvalue weighted by molar-refractivity contribution is 0.0599. The van der Waals surface area contributed by atoms with E-state index in [9.17, 15) is 9.50 Å². The fraction of sp³-hybridized carbons (Fsp3) is 0.538. The fourth-order valence-electron chi connectivity index (χ4n) is 1.45. The van der Waals surface area contributed by atoms with Crippen LogP contribution in [0.25, 0.3) is 0 Å². The summed E-state index contributed by atoms with van der Waals surface area (Å²) in [6, 6.07) is 6.52. The first-order valence-electron chi connectivity index (χ1n) is 5.52. The number of halogens is 1. The van der Waals surface area contributed by atoms with Crippen molar-refractivity contribution in [3.8, 4) is 0 Å². The molecule has 16 heavy (non-hydrogen) atoms. The van der Waals surface area contributed by atoms with Crippen LogP contribution in [0.2, 0.25) is 0 Å². The molecule has 0 radical (unpaired) electrons. The van der Waals surface area contributed by atoms with Crippen molar-refractivity contribution in [1.29, 1.82) is 0 Å². The molecule has 0 amide bonds. The summed E-state index contributed by atoms with van der Waals surface area (Å²) in [5.41, 5.74) is 0.455. The van der Waals surface area contributed by atoms with Crippen LogP contribution in [-0.4, -0.2) is 29.2 Å². The van der Waals surface area contributed by atoms with Gasteiger partial charge in [0.25, 0.3) is 0 Å². The zero-order valence-electron chi connectivity index (χ0n) is 10.2. The van der Waals surface area contributed by atoms with E-state index in [1.165, 1.54) is 12.1 Å². The van der Waals surface area contributed by atoms with E-state index in [0.29, 0.717) is 0 Å². The van der Waals surface area contributed by atoms with E-state index in [1.54, 1.807) is 26.0 Å². The minimum absolute atomic E-state index is 0.206. The number of benzene rings is 1. The highest BCUT2D eigenvalue weighted by atomic mass is 19.1. The Morgan fingerprint density at radius 1 is 1.25 bits per heavy atom. The monoisotopic (exact) mass is 225 g/mol. The topological polar surface area (TPSA) is 23.5 Å². The van der Waals surface area contributed by atoms with E-state index in [1.807, 2.05) is 7.05 Å². The van der Waals surface area contributed by atoms with Gasteiger partial charge in [0.15, 0.2) is 0 Å². The highest BCUT2D eigenvalue weighted by molar-refractivity contribution is 5.15. The molecule has 2 nitrogen and oxygen atoms in total. The van der Waals surface area contributed by atoms with Crippen LogP contribution < -0.4 is 0 Å². The van der Waals surface area contributed by atoms with Crippen molar-refractivity contribution in [2.45, 2.75) is 32.4 Å².